The molecule has 0 amide bonds. The summed E-state index contributed by atoms with van der Waals surface area (Å²) in [6.07, 6.45) is 1.89. The zero-order chi connectivity index (χ0) is 24.9. The van der Waals surface area contributed by atoms with Crippen LogP contribution in [-0.4, -0.2) is 23.9 Å². The van der Waals surface area contributed by atoms with Crippen LogP contribution >= 0.6 is 11.6 Å². The molecule has 4 nitrogen and oxygen atoms in total. The minimum Gasteiger partial charge on any atom is -0.465 e. The number of halogens is 1. The summed E-state index contributed by atoms with van der Waals surface area (Å²) >= 11 is 6.05. The van der Waals surface area contributed by atoms with Crippen LogP contribution in [0.4, 0.5) is 5.69 Å². The van der Waals surface area contributed by atoms with Crippen LogP contribution in [0.3, 0.4) is 0 Å². The Hall–Kier alpha value is -4.41. The highest BCUT2D eigenvalue weighted by atomic mass is 35.5. The van der Waals surface area contributed by atoms with E-state index in [4.69, 9.17) is 21.3 Å². The van der Waals surface area contributed by atoms with Crippen LogP contribution < -0.4 is 0 Å². The fourth-order valence-corrected chi connectivity index (χ4v) is 4.27. The maximum atomic E-state index is 12.0. The Morgan fingerprint density at radius 3 is 2.03 bits per heavy atom. The number of aromatic nitrogens is 1. The summed E-state index contributed by atoms with van der Waals surface area (Å²) in [5, 5.41) is 0.673. The lowest BCUT2D eigenvalue weighted by atomic mass is 10.1. The summed E-state index contributed by atoms with van der Waals surface area (Å²) in [5.41, 5.74) is 7.33. The van der Waals surface area contributed by atoms with Crippen LogP contribution in [0.1, 0.15) is 15.9 Å². The molecule has 1 aromatic heterocycles. The Kier molecular flexibility index (Phi) is 6.78. The summed E-state index contributed by atoms with van der Waals surface area (Å²) in [6, 6.07) is 37.5. The quantitative estimate of drug-likeness (QED) is 0.179. The monoisotopic (exact) mass is 490 g/mol. The van der Waals surface area contributed by atoms with Crippen LogP contribution in [0.25, 0.3) is 28.2 Å². The van der Waals surface area contributed by atoms with E-state index in [1.54, 1.807) is 12.1 Å². The number of hydrogen-bond acceptors (Lipinski definition) is 3. The Morgan fingerprint density at radius 1 is 0.806 bits per heavy atom. The molecule has 1 heterocycles. The van der Waals surface area contributed by atoms with Gasteiger partial charge >= 0.3 is 5.97 Å². The number of hydrogen-bond donors (Lipinski definition) is 0. The van der Waals surface area contributed by atoms with Crippen LogP contribution in [0.15, 0.2) is 120 Å². The van der Waals surface area contributed by atoms with Crippen molar-refractivity contribution in [3.8, 4) is 28.2 Å². The molecule has 5 aromatic rings. The molecular weight excluding hydrogens is 468 g/mol. The second-order valence-corrected chi connectivity index (χ2v) is 8.61. The molecule has 36 heavy (non-hydrogen) atoms. The highest BCUT2D eigenvalue weighted by molar-refractivity contribution is 6.30. The van der Waals surface area contributed by atoms with Crippen molar-refractivity contribution in [2.75, 3.05) is 7.11 Å². The van der Waals surface area contributed by atoms with Gasteiger partial charge in [-0.2, -0.15) is 0 Å². The van der Waals surface area contributed by atoms with Gasteiger partial charge in [0.2, 0.25) is 0 Å². The molecular formula is C31H23ClN2O2. The predicted octanol–water partition coefficient (Wildman–Crippen LogP) is 8.00. The van der Waals surface area contributed by atoms with E-state index in [2.05, 4.69) is 34.9 Å². The van der Waals surface area contributed by atoms with Crippen molar-refractivity contribution < 1.29 is 9.53 Å². The van der Waals surface area contributed by atoms with Crippen molar-refractivity contribution in [2.24, 2.45) is 4.99 Å². The first-order valence-corrected chi connectivity index (χ1v) is 11.9. The van der Waals surface area contributed by atoms with Crippen molar-refractivity contribution >= 4 is 29.5 Å². The fraction of sp³-hybridized carbons (Fsp3) is 0.0323. The zero-order valence-electron chi connectivity index (χ0n) is 19.6. The normalized spacial score (nSPS) is 11.1. The van der Waals surface area contributed by atoms with Crippen LogP contribution in [0, 0.1) is 0 Å². The number of esters is 1. The number of methoxy groups -OCH3 is 1. The number of carbonyl (C=O) groups is 1. The summed E-state index contributed by atoms with van der Waals surface area (Å²) in [7, 11) is 1.38. The van der Waals surface area contributed by atoms with E-state index >= 15 is 0 Å². The van der Waals surface area contributed by atoms with Gasteiger partial charge in [-0.15, -0.1) is 0 Å². The fourth-order valence-electron chi connectivity index (χ4n) is 4.15. The number of carbonyl (C=O) groups excluding carboxylic acids is 1. The molecule has 0 N–H and O–H groups in total. The van der Waals surface area contributed by atoms with E-state index in [0.717, 1.165) is 39.5 Å². The summed E-state index contributed by atoms with van der Waals surface area (Å²) < 4.78 is 7.09. The molecule has 5 heteroatoms. The van der Waals surface area contributed by atoms with Crippen molar-refractivity contribution in [1.29, 1.82) is 0 Å². The van der Waals surface area contributed by atoms with Crippen LogP contribution in [-0.2, 0) is 4.74 Å². The van der Waals surface area contributed by atoms with Gasteiger partial charge in [-0.3, -0.25) is 4.99 Å². The molecule has 0 saturated carbocycles. The molecule has 5 rings (SSSR count). The van der Waals surface area contributed by atoms with Gasteiger partial charge in [-0.1, -0.05) is 72.3 Å². The molecule has 0 spiro atoms. The van der Waals surface area contributed by atoms with E-state index in [0.29, 0.717) is 10.6 Å². The summed E-state index contributed by atoms with van der Waals surface area (Å²) in [6.45, 7) is 0. The van der Waals surface area contributed by atoms with E-state index in [-0.39, 0.29) is 5.97 Å². The summed E-state index contributed by atoms with van der Waals surface area (Å²) in [5.74, 6) is -0.364. The molecule has 0 radical (unpaired) electrons. The third-order valence-corrected chi connectivity index (χ3v) is 6.12. The number of aliphatic imine (C=N–C) groups is 1. The van der Waals surface area contributed by atoms with Gasteiger partial charge in [0.1, 0.15) is 0 Å². The Labute approximate surface area is 215 Å². The number of benzene rings is 4. The van der Waals surface area contributed by atoms with Gasteiger partial charge in [-0.05, 0) is 65.7 Å². The van der Waals surface area contributed by atoms with Crippen LogP contribution in [0.5, 0.6) is 0 Å². The SMILES string of the molecule is COC(=O)c1ccc(-n2c(-c3ccccc3)cc(C=Nc3ccc(Cl)cc3)c2-c2ccccc2)cc1. The topological polar surface area (TPSA) is 43.6 Å². The smallest absolute Gasteiger partial charge is 0.337 e. The Bertz CT molecular complexity index is 1510. The van der Waals surface area contributed by atoms with E-state index in [9.17, 15) is 4.79 Å². The van der Waals surface area contributed by atoms with E-state index in [1.807, 2.05) is 79.0 Å². The lowest BCUT2D eigenvalue weighted by Crippen LogP contribution is -2.03. The first kappa shape index (κ1) is 23.3. The largest absolute Gasteiger partial charge is 0.465 e. The van der Waals surface area contributed by atoms with Crippen molar-refractivity contribution in [3.05, 3.63) is 131 Å². The van der Waals surface area contributed by atoms with Crippen LogP contribution in [0.2, 0.25) is 5.02 Å². The van der Waals surface area contributed by atoms with Gasteiger partial charge in [0.05, 0.1) is 29.7 Å². The minimum absolute atomic E-state index is 0.364. The molecule has 176 valence electrons. The Balaban J connectivity index is 1.74. The van der Waals surface area contributed by atoms with Crippen molar-refractivity contribution in [3.63, 3.8) is 0 Å². The van der Waals surface area contributed by atoms with Crippen molar-refractivity contribution in [1.82, 2.24) is 4.57 Å². The highest BCUT2D eigenvalue weighted by Gasteiger charge is 2.19. The standard InChI is InChI=1S/C31H23ClN2O2/c1-36-31(35)24-12-18-28(19-13-24)34-29(22-8-4-2-5-9-22)20-25(30(34)23-10-6-3-7-11-23)21-33-27-16-14-26(32)15-17-27/h2-21H,1H3. The molecule has 0 fully saturated rings. The average molecular weight is 491 g/mol. The van der Waals surface area contributed by atoms with Crippen molar-refractivity contribution in [2.45, 2.75) is 0 Å². The van der Waals surface area contributed by atoms with Gasteiger partial charge in [0.15, 0.2) is 0 Å². The minimum atomic E-state index is -0.364. The second kappa shape index (κ2) is 10.5. The first-order valence-electron chi connectivity index (χ1n) is 11.5. The lowest BCUT2D eigenvalue weighted by Gasteiger charge is -2.15. The molecule has 0 aliphatic carbocycles. The highest BCUT2D eigenvalue weighted by Crippen LogP contribution is 2.35. The average Bonchev–Trinajstić information content (AvgIpc) is 3.33. The molecule has 4 aromatic carbocycles. The Morgan fingerprint density at radius 2 is 1.42 bits per heavy atom. The molecule has 0 unspecified atom stereocenters. The van der Waals surface area contributed by atoms with Gasteiger partial charge < -0.3 is 9.30 Å². The van der Waals surface area contributed by atoms with Gasteiger partial charge in [0.25, 0.3) is 0 Å². The maximum Gasteiger partial charge on any atom is 0.337 e. The molecule has 0 aliphatic rings. The first-order chi connectivity index (χ1) is 17.6. The zero-order valence-corrected chi connectivity index (χ0v) is 20.4. The lowest BCUT2D eigenvalue weighted by molar-refractivity contribution is 0.0600. The third kappa shape index (κ3) is 4.85. The maximum absolute atomic E-state index is 12.0. The van der Waals surface area contributed by atoms with E-state index in [1.165, 1.54) is 7.11 Å². The number of nitrogens with zero attached hydrogens (tertiary/aromatic N) is 2. The molecule has 0 saturated heterocycles. The van der Waals surface area contributed by atoms with Gasteiger partial charge in [0, 0.05) is 22.5 Å². The van der Waals surface area contributed by atoms with E-state index < -0.39 is 0 Å². The number of ether oxygens (including phenoxy) is 1. The number of rotatable bonds is 6. The second-order valence-electron chi connectivity index (χ2n) is 8.17. The predicted molar refractivity (Wildman–Crippen MR) is 147 cm³/mol. The third-order valence-electron chi connectivity index (χ3n) is 5.87. The molecule has 0 atom stereocenters. The summed E-state index contributed by atoms with van der Waals surface area (Å²) in [4.78, 5) is 16.8. The molecule has 0 aliphatic heterocycles. The van der Waals surface area contributed by atoms with Gasteiger partial charge in [-0.25, -0.2) is 4.79 Å². The molecule has 0 bridgehead atoms.